The summed E-state index contributed by atoms with van der Waals surface area (Å²) in [6.45, 7) is 4.23. The standard InChI is InChI=1S/C18H21F3N4O/c1-3-4-7-10-22-16(26)15-11-12(2)23-17(25-15)24-14-9-6-5-8-13(14)18(19,20)21/h5-6,8-9,11H,3-4,7,10H2,1-2H3,(H,22,26)(H,23,24,25). The molecule has 2 N–H and O–H groups in total. The number of benzene rings is 1. The highest BCUT2D eigenvalue weighted by atomic mass is 19.4. The van der Waals surface area contributed by atoms with Crippen LogP contribution in [0.15, 0.2) is 30.3 Å². The number of alkyl halides is 3. The number of nitrogens with zero attached hydrogens (tertiary/aromatic N) is 2. The van der Waals surface area contributed by atoms with Crippen molar-refractivity contribution in [2.75, 3.05) is 11.9 Å². The SMILES string of the molecule is CCCCCNC(=O)c1cc(C)nc(Nc2ccccc2C(F)(F)F)n1. The molecule has 26 heavy (non-hydrogen) atoms. The van der Waals surface area contributed by atoms with E-state index < -0.39 is 11.7 Å². The van der Waals surface area contributed by atoms with Crippen molar-refractivity contribution in [3.05, 3.63) is 47.3 Å². The summed E-state index contributed by atoms with van der Waals surface area (Å²) >= 11 is 0. The number of hydrogen-bond acceptors (Lipinski definition) is 4. The number of carbonyl (C=O) groups is 1. The molecule has 0 unspecified atom stereocenters. The van der Waals surface area contributed by atoms with Crippen molar-refractivity contribution >= 4 is 17.5 Å². The molecule has 2 rings (SSSR count). The number of hydrogen-bond donors (Lipinski definition) is 2. The molecule has 1 aromatic carbocycles. The molecule has 2 aromatic rings. The van der Waals surface area contributed by atoms with Gasteiger partial charge in [-0.1, -0.05) is 31.9 Å². The van der Waals surface area contributed by atoms with Gasteiger partial charge in [-0.05, 0) is 31.5 Å². The molecule has 1 aromatic heterocycles. The molecule has 0 bridgehead atoms. The van der Waals surface area contributed by atoms with E-state index in [4.69, 9.17) is 0 Å². The number of anilines is 2. The lowest BCUT2D eigenvalue weighted by Crippen LogP contribution is -2.26. The van der Waals surface area contributed by atoms with Crippen molar-refractivity contribution in [3.8, 4) is 0 Å². The van der Waals surface area contributed by atoms with Gasteiger partial charge in [0.05, 0.1) is 11.3 Å². The summed E-state index contributed by atoms with van der Waals surface area (Å²) < 4.78 is 39.3. The van der Waals surface area contributed by atoms with E-state index in [1.807, 2.05) is 0 Å². The maximum Gasteiger partial charge on any atom is 0.418 e. The molecule has 1 amide bonds. The quantitative estimate of drug-likeness (QED) is 0.710. The van der Waals surface area contributed by atoms with Crippen LogP contribution >= 0.6 is 0 Å². The van der Waals surface area contributed by atoms with E-state index in [0.29, 0.717) is 12.2 Å². The van der Waals surface area contributed by atoms with Gasteiger partial charge < -0.3 is 10.6 Å². The van der Waals surface area contributed by atoms with Crippen molar-refractivity contribution in [2.24, 2.45) is 0 Å². The Labute approximate surface area is 150 Å². The summed E-state index contributed by atoms with van der Waals surface area (Å²) in [6.07, 6.45) is -1.61. The molecule has 8 heteroatoms. The largest absolute Gasteiger partial charge is 0.418 e. The van der Waals surface area contributed by atoms with Crippen LogP contribution in [-0.2, 0) is 6.18 Å². The third-order valence-electron chi connectivity index (χ3n) is 3.63. The number of halogens is 3. The van der Waals surface area contributed by atoms with Crippen LogP contribution in [0.25, 0.3) is 0 Å². The van der Waals surface area contributed by atoms with Gasteiger partial charge in [-0.3, -0.25) is 4.79 Å². The highest BCUT2D eigenvalue weighted by Gasteiger charge is 2.33. The number of aryl methyl sites for hydroxylation is 1. The maximum absolute atomic E-state index is 13.1. The zero-order valence-electron chi connectivity index (χ0n) is 14.7. The van der Waals surface area contributed by atoms with Crippen molar-refractivity contribution in [3.63, 3.8) is 0 Å². The number of unbranched alkanes of at least 4 members (excludes halogenated alkanes) is 2. The number of rotatable bonds is 7. The van der Waals surface area contributed by atoms with E-state index in [9.17, 15) is 18.0 Å². The van der Waals surface area contributed by atoms with Crippen molar-refractivity contribution in [1.82, 2.24) is 15.3 Å². The predicted molar refractivity (Wildman–Crippen MR) is 93.4 cm³/mol. The van der Waals surface area contributed by atoms with Gasteiger partial charge in [-0.15, -0.1) is 0 Å². The lowest BCUT2D eigenvalue weighted by atomic mass is 10.1. The molecular weight excluding hydrogens is 345 g/mol. The van der Waals surface area contributed by atoms with Crippen LogP contribution in [0.3, 0.4) is 0 Å². The lowest BCUT2D eigenvalue weighted by molar-refractivity contribution is -0.136. The Bertz CT molecular complexity index is 762. The van der Waals surface area contributed by atoms with E-state index in [0.717, 1.165) is 25.3 Å². The van der Waals surface area contributed by atoms with Gasteiger partial charge in [-0.2, -0.15) is 13.2 Å². The third kappa shape index (κ3) is 5.44. The van der Waals surface area contributed by atoms with Gasteiger partial charge in [-0.25, -0.2) is 9.97 Å². The summed E-state index contributed by atoms with van der Waals surface area (Å²) in [6, 6.07) is 6.55. The molecule has 0 spiro atoms. The average Bonchev–Trinajstić information content (AvgIpc) is 2.57. The highest BCUT2D eigenvalue weighted by Crippen LogP contribution is 2.35. The van der Waals surface area contributed by atoms with Gasteiger partial charge in [0.15, 0.2) is 0 Å². The average molecular weight is 366 g/mol. The number of amides is 1. The summed E-state index contributed by atoms with van der Waals surface area (Å²) in [5.74, 6) is -0.431. The fraction of sp³-hybridized carbons (Fsp3) is 0.389. The van der Waals surface area contributed by atoms with E-state index >= 15 is 0 Å². The molecule has 0 radical (unpaired) electrons. The fourth-order valence-electron chi connectivity index (χ4n) is 2.37. The highest BCUT2D eigenvalue weighted by molar-refractivity contribution is 5.92. The molecule has 0 fully saturated rings. The van der Waals surface area contributed by atoms with Crippen molar-refractivity contribution in [1.29, 1.82) is 0 Å². The van der Waals surface area contributed by atoms with E-state index in [1.165, 1.54) is 24.3 Å². The Morgan fingerprint density at radius 3 is 2.58 bits per heavy atom. The maximum atomic E-state index is 13.1. The molecule has 5 nitrogen and oxygen atoms in total. The third-order valence-corrected chi connectivity index (χ3v) is 3.63. The van der Waals surface area contributed by atoms with Crippen LogP contribution in [0.2, 0.25) is 0 Å². The molecule has 0 saturated carbocycles. The van der Waals surface area contributed by atoms with Crippen LogP contribution < -0.4 is 10.6 Å². The number of nitrogens with one attached hydrogen (secondary N) is 2. The second kappa shape index (κ2) is 8.64. The minimum Gasteiger partial charge on any atom is -0.351 e. The van der Waals surface area contributed by atoms with Crippen LogP contribution in [0, 0.1) is 6.92 Å². The predicted octanol–water partition coefficient (Wildman–Crippen LogP) is 4.47. The summed E-state index contributed by atoms with van der Waals surface area (Å²) in [7, 11) is 0. The molecule has 0 atom stereocenters. The van der Waals surface area contributed by atoms with Gasteiger partial charge in [0, 0.05) is 12.2 Å². The molecule has 0 aliphatic carbocycles. The Morgan fingerprint density at radius 1 is 1.15 bits per heavy atom. The Hall–Kier alpha value is -2.64. The smallest absolute Gasteiger partial charge is 0.351 e. The topological polar surface area (TPSA) is 66.9 Å². The lowest BCUT2D eigenvalue weighted by Gasteiger charge is -2.14. The van der Waals surface area contributed by atoms with Crippen molar-refractivity contribution in [2.45, 2.75) is 39.3 Å². The number of carbonyl (C=O) groups excluding carboxylic acids is 1. The van der Waals surface area contributed by atoms with E-state index in [2.05, 4.69) is 27.5 Å². The zero-order chi connectivity index (χ0) is 19.2. The first kappa shape index (κ1) is 19.7. The molecule has 140 valence electrons. The first-order valence-corrected chi connectivity index (χ1v) is 8.38. The Balaban J connectivity index is 2.19. The summed E-state index contributed by atoms with van der Waals surface area (Å²) in [5, 5.41) is 5.32. The van der Waals surface area contributed by atoms with Gasteiger partial charge in [0.2, 0.25) is 5.95 Å². The van der Waals surface area contributed by atoms with E-state index in [-0.39, 0.29) is 23.2 Å². The molecular formula is C18H21F3N4O. The molecule has 0 aliphatic heterocycles. The molecule has 0 saturated heterocycles. The van der Waals surface area contributed by atoms with Crippen LogP contribution in [-0.4, -0.2) is 22.4 Å². The van der Waals surface area contributed by atoms with Crippen LogP contribution in [0.1, 0.15) is 47.9 Å². The Kier molecular flexibility index (Phi) is 6.54. The fourth-order valence-corrected chi connectivity index (χ4v) is 2.37. The zero-order valence-corrected chi connectivity index (χ0v) is 14.7. The first-order valence-electron chi connectivity index (χ1n) is 8.38. The van der Waals surface area contributed by atoms with Crippen LogP contribution in [0.5, 0.6) is 0 Å². The first-order chi connectivity index (χ1) is 12.3. The van der Waals surface area contributed by atoms with Gasteiger partial charge in [0.25, 0.3) is 5.91 Å². The number of para-hydroxylation sites is 1. The summed E-state index contributed by atoms with van der Waals surface area (Å²) in [4.78, 5) is 20.3. The Morgan fingerprint density at radius 2 is 1.88 bits per heavy atom. The minimum absolute atomic E-state index is 0.0552. The van der Waals surface area contributed by atoms with Crippen LogP contribution in [0.4, 0.5) is 24.8 Å². The van der Waals surface area contributed by atoms with E-state index in [1.54, 1.807) is 6.92 Å². The van der Waals surface area contributed by atoms with Crippen molar-refractivity contribution < 1.29 is 18.0 Å². The normalized spacial score (nSPS) is 11.3. The minimum atomic E-state index is -4.51. The monoisotopic (exact) mass is 366 g/mol. The second-order valence-electron chi connectivity index (χ2n) is 5.85. The summed E-state index contributed by atoms with van der Waals surface area (Å²) in [5.41, 5.74) is -0.401. The van der Waals surface area contributed by atoms with Gasteiger partial charge >= 0.3 is 6.18 Å². The molecule has 0 aliphatic rings. The van der Waals surface area contributed by atoms with Gasteiger partial charge in [0.1, 0.15) is 5.69 Å². The molecule has 1 heterocycles. The second-order valence-corrected chi connectivity index (χ2v) is 5.85. The number of aromatic nitrogens is 2.